The molecule has 0 aromatic heterocycles. The van der Waals surface area contributed by atoms with Gasteiger partial charge in [0.15, 0.2) is 0 Å². The minimum absolute atomic E-state index is 0.355. The monoisotopic (exact) mass is 271 g/mol. The predicted molar refractivity (Wildman–Crippen MR) is 74.7 cm³/mol. The van der Waals surface area contributed by atoms with E-state index in [0.29, 0.717) is 12.0 Å². The first-order chi connectivity index (χ1) is 8.32. The summed E-state index contributed by atoms with van der Waals surface area (Å²) in [5.41, 5.74) is 2.45. The molecule has 0 saturated carbocycles. The van der Waals surface area contributed by atoms with Crippen LogP contribution in [0.3, 0.4) is 0 Å². The molecule has 0 aliphatic rings. The summed E-state index contributed by atoms with van der Waals surface area (Å²) in [6.45, 7) is 6.41. The number of hydrogen-bond donors (Lipinski definition) is 1. The zero-order valence-corrected chi connectivity index (χ0v) is 12.2. The maximum absolute atomic E-state index is 11.5. The van der Waals surface area contributed by atoms with E-state index in [-0.39, 0.29) is 0 Å². The van der Waals surface area contributed by atoms with E-state index in [0.717, 1.165) is 17.8 Å². The molecular formula is C13H21NO3S. The van der Waals surface area contributed by atoms with Crippen molar-refractivity contribution in [3.8, 4) is 0 Å². The maximum Gasteiger partial charge on any atom is 0.272 e. The minimum atomic E-state index is -4.08. The molecule has 0 spiro atoms. The molecule has 0 fully saturated rings. The third-order valence-electron chi connectivity index (χ3n) is 3.24. The molecule has 0 bridgehead atoms. The average Bonchev–Trinajstić information content (AvgIpc) is 2.29. The Bertz CT molecular complexity index is 511. The van der Waals surface area contributed by atoms with Crippen LogP contribution in [0.25, 0.3) is 0 Å². The smallest absolute Gasteiger partial charge is 0.272 e. The van der Waals surface area contributed by atoms with E-state index in [4.69, 9.17) is 0 Å². The van der Waals surface area contributed by atoms with Gasteiger partial charge in [0.2, 0.25) is 0 Å². The molecule has 0 radical (unpaired) electrons. The second-order valence-corrected chi connectivity index (χ2v) is 6.03. The number of nitrogens with zero attached hydrogens (tertiary/aromatic N) is 1. The van der Waals surface area contributed by atoms with Crippen molar-refractivity contribution < 1.29 is 13.0 Å². The van der Waals surface area contributed by atoms with E-state index in [9.17, 15) is 13.0 Å². The van der Waals surface area contributed by atoms with Crippen LogP contribution in [0.1, 0.15) is 36.6 Å². The third-order valence-corrected chi connectivity index (χ3v) is 4.53. The molecule has 1 rings (SSSR count). The quantitative estimate of drug-likeness (QED) is 0.837. The predicted octanol–water partition coefficient (Wildman–Crippen LogP) is 2.79. The molecule has 0 heterocycles. The molecule has 4 nitrogen and oxygen atoms in total. The number of anilines is 1. The Morgan fingerprint density at radius 2 is 1.94 bits per heavy atom. The first-order valence-electron chi connectivity index (χ1n) is 6.09. The number of benzene rings is 1. The molecule has 1 atom stereocenters. The number of aryl methyl sites for hydroxylation is 1. The van der Waals surface area contributed by atoms with Crippen LogP contribution >= 0.6 is 0 Å². The lowest BCUT2D eigenvalue weighted by Crippen LogP contribution is -2.21. The average molecular weight is 271 g/mol. The highest BCUT2D eigenvalue weighted by Gasteiger charge is 2.27. The van der Waals surface area contributed by atoms with Gasteiger partial charge in [-0.15, -0.1) is 0 Å². The Morgan fingerprint density at radius 1 is 1.33 bits per heavy atom. The summed E-state index contributed by atoms with van der Waals surface area (Å²) in [5, 5.41) is -0.859. The molecule has 0 amide bonds. The van der Waals surface area contributed by atoms with Crippen molar-refractivity contribution in [2.24, 2.45) is 0 Å². The zero-order valence-electron chi connectivity index (χ0n) is 11.3. The highest BCUT2D eigenvalue weighted by molar-refractivity contribution is 7.86. The summed E-state index contributed by atoms with van der Waals surface area (Å²) in [6, 6.07) is 5.66. The minimum Gasteiger partial charge on any atom is -0.375 e. The molecule has 1 aromatic rings. The van der Waals surface area contributed by atoms with Crippen molar-refractivity contribution in [1.82, 2.24) is 0 Å². The van der Waals surface area contributed by atoms with Crippen molar-refractivity contribution in [2.45, 2.75) is 32.4 Å². The van der Waals surface area contributed by atoms with Crippen LogP contribution in [0, 0.1) is 6.92 Å². The fraction of sp³-hybridized carbons (Fsp3) is 0.538. The fourth-order valence-corrected chi connectivity index (χ4v) is 3.18. The summed E-state index contributed by atoms with van der Waals surface area (Å²) in [7, 11) is -2.17. The zero-order chi connectivity index (χ0) is 13.9. The van der Waals surface area contributed by atoms with Crippen LogP contribution in [0.15, 0.2) is 18.2 Å². The van der Waals surface area contributed by atoms with Crippen LogP contribution in [-0.4, -0.2) is 26.6 Å². The lowest BCUT2D eigenvalue weighted by Gasteiger charge is -2.25. The molecule has 1 aromatic carbocycles. The van der Waals surface area contributed by atoms with E-state index in [1.807, 2.05) is 44.0 Å². The SMILES string of the molecule is CCC(c1c(C)cccc1N(C)CC)S(=O)(=O)O. The molecule has 0 aliphatic heterocycles. The van der Waals surface area contributed by atoms with Gasteiger partial charge in [0.25, 0.3) is 10.1 Å². The van der Waals surface area contributed by atoms with Crippen LogP contribution < -0.4 is 4.90 Å². The van der Waals surface area contributed by atoms with E-state index in [1.165, 1.54) is 0 Å². The van der Waals surface area contributed by atoms with E-state index < -0.39 is 15.4 Å². The summed E-state index contributed by atoms with van der Waals surface area (Å²) in [5.74, 6) is 0. The van der Waals surface area contributed by atoms with Gasteiger partial charge in [0.05, 0.1) is 0 Å². The van der Waals surface area contributed by atoms with Crippen molar-refractivity contribution in [1.29, 1.82) is 0 Å². The highest BCUT2D eigenvalue weighted by atomic mass is 32.2. The molecular weight excluding hydrogens is 250 g/mol. The lowest BCUT2D eigenvalue weighted by molar-refractivity contribution is 0.466. The lowest BCUT2D eigenvalue weighted by atomic mass is 10.0. The van der Waals surface area contributed by atoms with Crippen LogP contribution in [0.5, 0.6) is 0 Å². The van der Waals surface area contributed by atoms with E-state index >= 15 is 0 Å². The molecule has 102 valence electrons. The van der Waals surface area contributed by atoms with E-state index in [1.54, 1.807) is 6.92 Å². The third kappa shape index (κ3) is 3.03. The first kappa shape index (κ1) is 15.0. The molecule has 0 saturated heterocycles. The Balaban J connectivity index is 3.46. The molecule has 1 N–H and O–H groups in total. The van der Waals surface area contributed by atoms with Gasteiger partial charge in [-0.05, 0) is 37.5 Å². The fourth-order valence-electron chi connectivity index (χ4n) is 2.15. The van der Waals surface area contributed by atoms with Gasteiger partial charge in [-0.3, -0.25) is 4.55 Å². The Hall–Kier alpha value is -1.07. The summed E-state index contributed by atoms with van der Waals surface area (Å²) >= 11 is 0. The Morgan fingerprint density at radius 3 is 2.39 bits per heavy atom. The summed E-state index contributed by atoms with van der Waals surface area (Å²) in [6.07, 6.45) is 0.355. The maximum atomic E-state index is 11.5. The van der Waals surface area contributed by atoms with Gasteiger partial charge < -0.3 is 4.90 Å². The summed E-state index contributed by atoms with van der Waals surface area (Å²) in [4.78, 5) is 1.98. The molecule has 0 aliphatic carbocycles. The molecule has 18 heavy (non-hydrogen) atoms. The van der Waals surface area contributed by atoms with Crippen LogP contribution in [-0.2, 0) is 10.1 Å². The van der Waals surface area contributed by atoms with Crippen molar-refractivity contribution in [3.63, 3.8) is 0 Å². The standard InChI is InChI=1S/C13H21NO3S/c1-5-12(18(15,16)17)13-10(3)8-7-9-11(13)14(4)6-2/h7-9,12H,5-6H2,1-4H3,(H,15,16,17). The van der Waals surface area contributed by atoms with Gasteiger partial charge in [-0.25, -0.2) is 0 Å². The van der Waals surface area contributed by atoms with Crippen LogP contribution in [0.2, 0.25) is 0 Å². The second kappa shape index (κ2) is 5.71. The van der Waals surface area contributed by atoms with Crippen LogP contribution in [0.4, 0.5) is 5.69 Å². The van der Waals surface area contributed by atoms with Crippen molar-refractivity contribution in [2.75, 3.05) is 18.5 Å². The normalized spacial score (nSPS) is 13.4. The van der Waals surface area contributed by atoms with Gasteiger partial charge >= 0.3 is 0 Å². The van der Waals surface area contributed by atoms with Gasteiger partial charge in [-0.1, -0.05) is 19.1 Å². The number of hydrogen-bond acceptors (Lipinski definition) is 3. The van der Waals surface area contributed by atoms with Gasteiger partial charge in [-0.2, -0.15) is 8.42 Å². The van der Waals surface area contributed by atoms with E-state index in [2.05, 4.69) is 0 Å². The Labute approximate surface area is 109 Å². The topological polar surface area (TPSA) is 57.6 Å². The molecule has 1 unspecified atom stereocenters. The summed E-state index contributed by atoms with van der Waals surface area (Å²) < 4.78 is 32.4. The van der Waals surface area contributed by atoms with Crippen molar-refractivity contribution >= 4 is 15.8 Å². The van der Waals surface area contributed by atoms with Crippen molar-refractivity contribution in [3.05, 3.63) is 29.3 Å². The first-order valence-corrected chi connectivity index (χ1v) is 7.60. The molecule has 5 heteroatoms. The second-order valence-electron chi connectivity index (χ2n) is 4.43. The highest BCUT2D eigenvalue weighted by Crippen LogP contribution is 2.35. The Kier molecular flexibility index (Phi) is 4.76. The largest absolute Gasteiger partial charge is 0.375 e. The van der Waals surface area contributed by atoms with Gasteiger partial charge in [0, 0.05) is 19.3 Å². The van der Waals surface area contributed by atoms with Gasteiger partial charge in [0.1, 0.15) is 5.25 Å². The number of rotatable bonds is 5.